The molecule has 4 rings (SSSR count). The van der Waals surface area contributed by atoms with E-state index in [2.05, 4.69) is 25.5 Å². The Morgan fingerprint density at radius 1 is 1.14 bits per heavy atom. The minimum atomic E-state index is -0.275. The maximum Gasteiger partial charge on any atom is 0.148 e. The van der Waals surface area contributed by atoms with Gasteiger partial charge in [-0.25, -0.2) is 9.38 Å². The lowest BCUT2D eigenvalue weighted by Gasteiger charge is -2.41. The lowest BCUT2D eigenvalue weighted by molar-refractivity contribution is 0.243. The van der Waals surface area contributed by atoms with E-state index in [0.29, 0.717) is 23.9 Å². The van der Waals surface area contributed by atoms with Gasteiger partial charge in [-0.05, 0) is 56.2 Å². The Kier molecular flexibility index (Phi) is 5.20. The Morgan fingerprint density at radius 2 is 1.93 bits per heavy atom. The summed E-state index contributed by atoms with van der Waals surface area (Å²) in [5.41, 5.74) is 8.39. The van der Waals surface area contributed by atoms with Gasteiger partial charge in [0.2, 0.25) is 0 Å². The number of hydrogen-bond donors (Lipinski definition) is 2. The van der Waals surface area contributed by atoms with Crippen LogP contribution in [0.3, 0.4) is 0 Å². The molecule has 7 heteroatoms. The van der Waals surface area contributed by atoms with Gasteiger partial charge in [-0.2, -0.15) is 0 Å². The van der Waals surface area contributed by atoms with Crippen LogP contribution >= 0.6 is 0 Å². The van der Waals surface area contributed by atoms with Gasteiger partial charge in [-0.3, -0.25) is 4.98 Å². The normalized spacial score (nSPS) is 15.6. The Hall–Kier alpha value is -3.35. The van der Waals surface area contributed by atoms with E-state index in [4.69, 9.17) is 5.73 Å². The summed E-state index contributed by atoms with van der Waals surface area (Å²) in [4.78, 5) is 8.51. The quantitative estimate of drug-likeness (QED) is 0.486. The summed E-state index contributed by atoms with van der Waals surface area (Å²) in [5, 5.41) is 11.9. The van der Waals surface area contributed by atoms with Gasteiger partial charge in [0.25, 0.3) is 0 Å². The van der Waals surface area contributed by atoms with Gasteiger partial charge < -0.3 is 11.1 Å². The van der Waals surface area contributed by atoms with Crippen molar-refractivity contribution in [3.05, 3.63) is 66.2 Å². The summed E-state index contributed by atoms with van der Waals surface area (Å²) in [5.74, 6) is 0.937. The van der Waals surface area contributed by atoms with E-state index in [9.17, 15) is 4.39 Å². The van der Waals surface area contributed by atoms with Crippen molar-refractivity contribution < 1.29 is 4.39 Å². The van der Waals surface area contributed by atoms with Crippen molar-refractivity contribution in [2.24, 2.45) is 10.7 Å². The van der Waals surface area contributed by atoms with Crippen molar-refractivity contribution in [2.45, 2.75) is 31.6 Å². The third-order valence-electron chi connectivity index (χ3n) is 5.31. The molecule has 3 N–H and O–H groups in total. The molecule has 1 aromatic carbocycles. The molecule has 0 aliphatic heterocycles. The third-order valence-corrected chi connectivity index (χ3v) is 5.31. The highest BCUT2D eigenvalue weighted by Gasteiger charge is 2.41. The third kappa shape index (κ3) is 4.08. The van der Waals surface area contributed by atoms with E-state index in [-0.39, 0.29) is 11.2 Å². The lowest BCUT2D eigenvalue weighted by atomic mass is 9.66. The van der Waals surface area contributed by atoms with E-state index in [1.165, 1.54) is 6.07 Å². The SMILES string of the molecule is CC(N)=Nc1ccc(-c2ccc(NCC3(c4ncccc4F)CCC3)nn2)cc1. The van der Waals surface area contributed by atoms with Crippen LogP contribution in [-0.2, 0) is 5.41 Å². The average molecular weight is 390 g/mol. The van der Waals surface area contributed by atoms with Crippen molar-refractivity contribution in [2.75, 3.05) is 11.9 Å². The summed E-state index contributed by atoms with van der Waals surface area (Å²) >= 11 is 0. The second-order valence-electron chi connectivity index (χ2n) is 7.43. The smallest absolute Gasteiger partial charge is 0.148 e. The highest BCUT2D eigenvalue weighted by atomic mass is 19.1. The average Bonchev–Trinajstić information content (AvgIpc) is 2.69. The summed E-state index contributed by atoms with van der Waals surface area (Å²) in [6.45, 7) is 2.33. The highest BCUT2D eigenvalue weighted by molar-refractivity contribution is 5.80. The minimum Gasteiger partial charge on any atom is -0.387 e. The predicted molar refractivity (Wildman–Crippen MR) is 113 cm³/mol. The molecule has 0 unspecified atom stereocenters. The standard InChI is InChI=1S/C22H23FN6/c1-15(24)27-17-7-5-16(6-8-17)19-9-10-20(29-28-19)26-14-22(11-3-12-22)21-18(23)4-2-13-25-21/h2,4-10,13H,3,11-12,14H2,1H3,(H2,24,27)(H,26,29). The number of nitrogens with one attached hydrogen (secondary N) is 1. The predicted octanol–water partition coefficient (Wildman–Crippen LogP) is 4.22. The van der Waals surface area contributed by atoms with Crippen LogP contribution in [0.15, 0.2) is 59.7 Å². The molecule has 0 radical (unpaired) electrons. The second kappa shape index (κ2) is 7.95. The van der Waals surface area contributed by atoms with Crippen molar-refractivity contribution in [1.82, 2.24) is 15.2 Å². The fourth-order valence-corrected chi connectivity index (χ4v) is 3.63. The van der Waals surface area contributed by atoms with Crippen LogP contribution in [0.25, 0.3) is 11.3 Å². The number of pyridine rings is 1. The van der Waals surface area contributed by atoms with Crippen LogP contribution in [-0.4, -0.2) is 27.6 Å². The molecule has 29 heavy (non-hydrogen) atoms. The Balaban J connectivity index is 1.45. The van der Waals surface area contributed by atoms with E-state index in [0.717, 1.165) is 36.2 Å². The maximum atomic E-state index is 14.2. The van der Waals surface area contributed by atoms with Crippen LogP contribution in [0.2, 0.25) is 0 Å². The maximum absolute atomic E-state index is 14.2. The fraction of sp³-hybridized carbons (Fsp3) is 0.273. The molecule has 1 aliphatic carbocycles. The first kappa shape index (κ1) is 19.0. The summed E-state index contributed by atoms with van der Waals surface area (Å²) in [6, 6.07) is 14.6. The zero-order chi connectivity index (χ0) is 20.3. The molecule has 2 heterocycles. The van der Waals surface area contributed by atoms with Crippen molar-refractivity contribution in [3.63, 3.8) is 0 Å². The number of aliphatic imine (C=N–C) groups is 1. The van der Waals surface area contributed by atoms with Gasteiger partial charge >= 0.3 is 0 Å². The summed E-state index contributed by atoms with van der Waals surface area (Å²) in [6.07, 6.45) is 4.55. The summed E-state index contributed by atoms with van der Waals surface area (Å²) in [7, 11) is 0. The zero-order valence-corrected chi connectivity index (χ0v) is 16.3. The van der Waals surface area contributed by atoms with E-state index in [1.54, 1.807) is 19.2 Å². The number of benzene rings is 1. The molecule has 0 spiro atoms. The number of anilines is 1. The van der Waals surface area contributed by atoms with E-state index < -0.39 is 0 Å². The van der Waals surface area contributed by atoms with E-state index >= 15 is 0 Å². The van der Waals surface area contributed by atoms with Gasteiger partial charge in [0.15, 0.2) is 0 Å². The number of rotatable bonds is 6. The van der Waals surface area contributed by atoms with Crippen LogP contribution < -0.4 is 11.1 Å². The van der Waals surface area contributed by atoms with Gasteiger partial charge in [-0.15, -0.1) is 10.2 Å². The van der Waals surface area contributed by atoms with Crippen LogP contribution in [0.5, 0.6) is 0 Å². The minimum absolute atomic E-state index is 0.243. The number of nitrogens with two attached hydrogens (primary N) is 1. The van der Waals surface area contributed by atoms with Gasteiger partial charge in [0.05, 0.1) is 22.9 Å². The molecule has 3 aromatic rings. The first-order chi connectivity index (χ1) is 14.1. The molecule has 1 fully saturated rings. The molecule has 148 valence electrons. The van der Waals surface area contributed by atoms with Crippen LogP contribution in [0.4, 0.5) is 15.9 Å². The number of hydrogen-bond acceptors (Lipinski definition) is 5. The molecule has 0 saturated heterocycles. The topological polar surface area (TPSA) is 89.1 Å². The first-order valence-corrected chi connectivity index (χ1v) is 9.66. The van der Waals surface area contributed by atoms with Gasteiger partial charge in [0.1, 0.15) is 11.6 Å². The first-order valence-electron chi connectivity index (χ1n) is 9.66. The second-order valence-corrected chi connectivity index (χ2v) is 7.43. The molecule has 1 aliphatic rings. The largest absolute Gasteiger partial charge is 0.387 e. The number of nitrogens with zero attached hydrogens (tertiary/aromatic N) is 4. The summed E-state index contributed by atoms with van der Waals surface area (Å²) < 4.78 is 14.2. The Labute approximate surface area is 169 Å². The van der Waals surface area contributed by atoms with Crippen molar-refractivity contribution in [3.8, 4) is 11.3 Å². The molecule has 0 atom stereocenters. The number of aromatic nitrogens is 3. The molecule has 2 aromatic heterocycles. The Bertz CT molecular complexity index is 1010. The highest BCUT2D eigenvalue weighted by Crippen LogP contribution is 2.43. The van der Waals surface area contributed by atoms with Crippen LogP contribution in [0, 0.1) is 5.82 Å². The van der Waals surface area contributed by atoms with Crippen molar-refractivity contribution >= 4 is 17.3 Å². The molecule has 0 bridgehead atoms. The van der Waals surface area contributed by atoms with Crippen LogP contribution in [0.1, 0.15) is 31.9 Å². The number of amidine groups is 1. The fourth-order valence-electron chi connectivity index (χ4n) is 3.63. The number of halogens is 1. The van der Waals surface area contributed by atoms with E-state index in [1.807, 2.05) is 36.4 Å². The Morgan fingerprint density at radius 3 is 2.52 bits per heavy atom. The van der Waals surface area contributed by atoms with Gasteiger partial charge in [0, 0.05) is 23.7 Å². The lowest BCUT2D eigenvalue weighted by Crippen LogP contribution is -2.42. The monoisotopic (exact) mass is 390 g/mol. The van der Waals surface area contributed by atoms with Gasteiger partial charge in [-0.1, -0.05) is 18.6 Å². The zero-order valence-electron chi connectivity index (χ0n) is 16.3. The molecule has 1 saturated carbocycles. The molecule has 6 nitrogen and oxygen atoms in total. The van der Waals surface area contributed by atoms with Crippen molar-refractivity contribution in [1.29, 1.82) is 0 Å². The molecular formula is C22H23FN6. The molecule has 0 amide bonds. The molecular weight excluding hydrogens is 367 g/mol.